The molecule has 1 aromatic rings. The van der Waals surface area contributed by atoms with Crippen LogP contribution in [0.25, 0.3) is 5.57 Å². The second kappa shape index (κ2) is 4.55. The summed E-state index contributed by atoms with van der Waals surface area (Å²) in [6, 6.07) is 10.1. The van der Waals surface area contributed by atoms with Gasteiger partial charge in [-0.25, -0.2) is 0 Å². The van der Waals surface area contributed by atoms with E-state index in [1.807, 2.05) is 30.3 Å². The zero-order chi connectivity index (χ0) is 8.81. The fraction of sp³-hybridized carbons (Fsp3) is 0.182. The van der Waals surface area contributed by atoms with Gasteiger partial charge in [-0.1, -0.05) is 36.9 Å². The second-order valence-electron chi connectivity index (χ2n) is 2.56. The molecule has 0 aliphatic rings. The molecule has 0 bridgehead atoms. The Balaban J connectivity index is 2.89. The molecule has 0 fully saturated rings. The van der Waals surface area contributed by atoms with Crippen LogP contribution in [0.15, 0.2) is 42.6 Å². The minimum atomic E-state index is 0.646. The van der Waals surface area contributed by atoms with Crippen molar-refractivity contribution in [1.29, 1.82) is 0 Å². The molecular weight excluding hydrogens is 146 g/mol. The van der Waals surface area contributed by atoms with Crippen LogP contribution in [0.5, 0.6) is 0 Å². The van der Waals surface area contributed by atoms with Gasteiger partial charge >= 0.3 is 0 Å². The van der Waals surface area contributed by atoms with Crippen molar-refractivity contribution in [2.24, 2.45) is 5.73 Å². The summed E-state index contributed by atoms with van der Waals surface area (Å²) < 4.78 is 0. The molecule has 1 rings (SSSR count). The number of nitrogens with two attached hydrogens (primary N) is 1. The van der Waals surface area contributed by atoms with Gasteiger partial charge in [0, 0.05) is 5.57 Å². The lowest BCUT2D eigenvalue weighted by molar-refractivity contribution is 1.02. The summed E-state index contributed by atoms with van der Waals surface area (Å²) in [4.78, 5) is 0. The number of benzene rings is 1. The molecule has 0 aromatic heterocycles. The Hall–Kier alpha value is -1.30. The Bertz CT molecular complexity index is 281. The lowest BCUT2D eigenvalue weighted by Crippen LogP contribution is -1.99. The van der Waals surface area contributed by atoms with Crippen LogP contribution in [-0.4, -0.2) is 6.54 Å². The van der Waals surface area contributed by atoms with E-state index in [0.717, 1.165) is 17.6 Å². The number of rotatable bonds is 3. The van der Waals surface area contributed by atoms with E-state index in [4.69, 9.17) is 5.73 Å². The van der Waals surface area contributed by atoms with Gasteiger partial charge in [-0.2, -0.15) is 0 Å². The zero-order valence-corrected chi connectivity index (χ0v) is 7.09. The molecule has 62 valence electrons. The van der Waals surface area contributed by atoms with E-state index in [0.29, 0.717) is 6.54 Å². The average Bonchev–Trinajstić information content (AvgIpc) is 2.15. The normalized spacial score (nSPS) is 9.08. The van der Waals surface area contributed by atoms with Crippen LogP contribution in [0.4, 0.5) is 0 Å². The molecule has 0 saturated heterocycles. The van der Waals surface area contributed by atoms with E-state index >= 15 is 0 Å². The first-order chi connectivity index (χ1) is 5.88. The highest BCUT2D eigenvalue weighted by Crippen LogP contribution is 2.14. The first-order valence-electron chi connectivity index (χ1n) is 4.03. The molecule has 0 aliphatic carbocycles. The summed E-state index contributed by atoms with van der Waals surface area (Å²) >= 11 is 0. The van der Waals surface area contributed by atoms with Crippen molar-refractivity contribution in [1.82, 2.24) is 0 Å². The maximum atomic E-state index is 5.45. The lowest BCUT2D eigenvalue weighted by Gasteiger charge is -2.01. The van der Waals surface area contributed by atoms with Crippen LogP contribution in [0.2, 0.25) is 0 Å². The van der Waals surface area contributed by atoms with Crippen molar-refractivity contribution in [3.05, 3.63) is 48.2 Å². The summed E-state index contributed by atoms with van der Waals surface area (Å²) in [6.07, 6.45) is 0.841. The highest BCUT2D eigenvalue weighted by atomic mass is 14.5. The first-order valence-corrected chi connectivity index (χ1v) is 4.03. The molecule has 0 spiro atoms. The second-order valence-corrected chi connectivity index (χ2v) is 2.56. The Morgan fingerprint density at radius 1 is 1.33 bits per heavy atom. The molecule has 0 unspecified atom stereocenters. The van der Waals surface area contributed by atoms with Crippen molar-refractivity contribution in [3.63, 3.8) is 0 Å². The van der Waals surface area contributed by atoms with Gasteiger partial charge in [-0.3, -0.25) is 0 Å². The molecule has 1 nitrogen and oxygen atoms in total. The third-order valence-electron chi connectivity index (χ3n) is 1.73. The molecule has 0 amide bonds. The minimum absolute atomic E-state index is 0.646. The van der Waals surface area contributed by atoms with E-state index in [-0.39, 0.29) is 0 Å². The van der Waals surface area contributed by atoms with Crippen molar-refractivity contribution in [3.8, 4) is 0 Å². The van der Waals surface area contributed by atoms with Gasteiger partial charge in [0.2, 0.25) is 0 Å². The third-order valence-corrected chi connectivity index (χ3v) is 1.73. The molecule has 1 heteroatoms. The standard InChI is InChI=1S/C11H13N/c1-2-10(8-9-12)11-6-4-3-5-7-11/h3-7H,1,8-9,12H2. The van der Waals surface area contributed by atoms with Crippen LogP contribution in [0, 0.1) is 0 Å². The van der Waals surface area contributed by atoms with E-state index in [1.165, 1.54) is 0 Å². The molecular formula is C11H13N. The highest BCUT2D eigenvalue weighted by molar-refractivity contribution is 5.64. The number of hydrogen-bond acceptors (Lipinski definition) is 1. The minimum Gasteiger partial charge on any atom is -0.330 e. The Morgan fingerprint density at radius 3 is 2.50 bits per heavy atom. The summed E-state index contributed by atoms with van der Waals surface area (Å²) in [5.74, 6) is 0. The maximum absolute atomic E-state index is 5.45. The van der Waals surface area contributed by atoms with Crippen LogP contribution in [-0.2, 0) is 0 Å². The van der Waals surface area contributed by atoms with Gasteiger partial charge in [0.1, 0.15) is 0 Å². The maximum Gasteiger partial charge on any atom is 0.00184 e. The van der Waals surface area contributed by atoms with Crippen molar-refractivity contribution in [2.45, 2.75) is 6.42 Å². The average molecular weight is 159 g/mol. The summed E-state index contributed by atoms with van der Waals surface area (Å²) in [7, 11) is 0. The van der Waals surface area contributed by atoms with Crippen LogP contribution in [0.3, 0.4) is 0 Å². The smallest absolute Gasteiger partial charge is 0.00184 e. The molecule has 0 atom stereocenters. The molecule has 2 N–H and O–H groups in total. The fourth-order valence-electron chi connectivity index (χ4n) is 1.12. The molecule has 0 heterocycles. The van der Waals surface area contributed by atoms with Crippen molar-refractivity contribution >= 4 is 5.57 Å². The van der Waals surface area contributed by atoms with Crippen LogP contribution in [0.1, 0.15) is 12.0 Å². The van der Waals surface area contributed by atoms with Gasteiger partial charge in [0.05, 0.1) is 0 Å². The van der Waals surface area contributed by atoms with Crippen molar-refractivity contribution < 1.29 is 0 Å². The van der Waals surface area contributed by atoms with E-state index in [1.54, 1.807) is 0 Å². The third kappa shape index (κ3) is 2.09. The zero-order valence-electron chi connectivity index (χ0n) is 7.09. The molecule has 0 radical (unpaired) electrons. The topological polar surface area (TPSA) is 26.0 Å². The van der Waals surface area contributed by atoms with Gasteiger partial charge in [0.15, 0.2) is 0 Å². The quantitative estimate of drug-likeness (QED) is 0.672. The Kier molecular flexibility index (Phi) is 3.34. The molecule has 1 aromatic carbocycles. The predicted octanol–water partition coefficient (Wildman–Crippen LogP) is 2.20. The van der Waals surface area contributed by atoms with Gasteiger partial charge in [0.25, 0.3) is 0 Å². The summed E-state index contributed by atoms with van der Waals surface area (Å²) in [5.41, 5.74) is 10.6. The van der Waals surface area contributed by atoms with E-state index < -0.39 is 0 Å². The van der Waals surface area contributed by atoms with Crippen LogP contribution >= 0.6 is 0 Å². The van der Waals surface area contributed by atoms with E-state index in [9.17, 15) is 0 Å². The molecule has 0 aliphatic heterocycles. The Labute approximate surface area is 73.2 Å². The van der Waals surface area contributed by atoms with E-state index in [2.05, 4.69) is 12.3 Å². The lowest BCUT2D eigenvalue weighted by atomic mass is 10.0. The SMILES string of the molecule is C=C=C(CCN)c1ccccc1. The molecule has 0 saturated carbocycles. The number of hydrogen-bond donors (Lipinski definition) is 1. The van der Waals surface area contributed by atoms with Crippen LogP contribution < -0.4 is 5.73 Å². The van der Waals surface area contributed by atoms with Gasteiger partial charge in [-0.05, 0) is 18.5 Å². The summed E-state index contributed by atoms with van der Waals surface area (Å²) in [6.45, 7) is 4.28. The van der Waals surface area contributed by atoms with Crippen molar-refractivity contribution in [2.75, 3.05) is 6.54 Å². The monoisotopic (exact) mass is 159 g/mol. The van der Waals surface area contributed by atoms with Gasteiger partial charge in [-0.15, -0.1) is 5.73 Å². The molecule has 12 heavy (non-hydrogen) atoms. The largest absolute Gasteiger partial charge is 0.330 e. The Morgan fingerprint density at radius 2 is 2.00 bits per heavy atom. The summed E-state index contributed by atoms with van der Waals surface area (Å²) in [5, 5.41) is 0. The predicted molar refractivity (Wildman–Crippen MR) is 52.7 cm³/mol. The van der Waals surface area contributed by atoms with Gasteiger partial charge < -0.3 is 5.73 Å². The first kappa shape index (κ1) is 8.79. The fourth-order valence-corrected chi connectivity index (χ4v) is 1.12. The highest BCUT2D eigenvalue weighted by Gasteiger charge is 1.96.